The molecule has 1 N–H and O–H groups in total. The van der Waals surface area contributed by atoms with Gasteiger partial charge < -0.3 is 14.8 Å². The molecule has 18 heavy (non-hydrogen) atoms. The molecule has 0 aliphatic carbocycles. The average molecular weight is 251 g/mol. The molecule has 0 amide bonds. The Balaban J connectivity index is 2.71. The minimum atomic E-state index is 0.544. The summed E-state index contributed by atoms with van der Waals surface area (Å²) in [5.74, 6) is 2.35. The molecule has 1 aromatic carbocycles. The molecule has 0 radical (unpaired) electrons. The van der Waals surface area contributed by atoms with Crippen molar-refractivity contribution in [3.63, 3.8) is 0 Å². The van der Waals surface area contributed by atoms with Crippen LogP contribution in [0.25, 0.3) is 0 Å². The molecular weight excluding hydrogens is 226 g/mol. The fourth-order valence-electron chi connectivity index (χ4n) is 2.14. The van der Waals surface area contributed by atoms with Gasteiger partial charge in [-0.15, -0.1) is 0 Å². The zero-order valence-corrected chi connectivity index (χ0v) is 12.1. The second kappa shape index (κ2) is 7.27. The van der Waals surface area contributed by atoms with E-state index in [1.807, 2.05) is 13.1 Å². The van der Waals surface area contributed by atoms with Crippen LogP contribution >= 0.6 is 0 Å². The van der Waals surface area contributed by atoms with Crippen LogP contribution in [-0.2, 0) is 6.42 Å². The van der Waals surface area contributed by atoms with Crippen LogP contribution in [0, 0.1) is 5.92 Å². The van der Waals surface area contributed by atoms with Crippen molar-refractivity contribution in [1.82, 2.24) is 5.32 Å². The van der Waals surface area contributed by atoms with Crippen LogP contribution in [0.5, 0.6) is 11.5 Å². The van der Waals surface area contributed by atoms with Gasteiger partial charge in [-0.1, -0.05) is 13.8 Å². The highest BCUT2D eigenvalue weighted by Crippen LogP contribution is 2.24. The third-order valence-corrected chi connectivity index (χ3v) is 3.33. The number of benzene rings is 1. The summed E-state index contributed by atoms with van der Waals surface area (Å²) in [6.07, 6.45) is 2.14. The van der Waals surface area contributed by atoms with E-state index in [1.165, 1.54) is 5.56 Å². The largest absolute Gasteiger partial charge is 0.497 e. The quantitative estimate of drug-likeness (QED) is 0.808. The summed E-state index contributed by atoms with van der Waals surface area (Å²) in [7, 11) is 5.39. The standard InChI is InChI=1S/C15H25NO2/c1-11(2)15(16-3)7-6-12-8-13(17-4)10-14(9-12)18-5/h8-11,15-16H,6-7H2,1-5H3. The Morgan fingerprint density at radius 3 is 2.00 bits per heavy atom. The van der Waals surface area contributed by atoms with Crippen molar-refractivity contribution in [1.29, 1.82) is 0 Å². The molecule has 0 saturated heterocycles. The van der Waals surface area contributed by atoms with Crippen LogP contribution in [0.15, 0.2) is 18.2 Å². The Kier molecular flexibility index (Phi) is 5.99. The van der Waals surface area contributed by atoms with Gasteiger partial charge in [0.25, 0.3) is 0 Å². The van der Waals surface area contributed by atoms with Crippen LogP contribution in [0.3, 0.4) is 0 Å². The topological polar surface area (TPSA) is 30.5 Å². The highest BCUT2D eigenvalue weighted by molar-refractivity contribution is 5.38. The molecule has 0 aromatic heterocycles. The first-order valence-electron chi connectivity index (χ1n) is 6.50. The van der Waals surface area contributed by atoms with Gasteiger partial charge in [-0.2, -0.15) is 0 Å². The summed E-state index contributed by atoms with van der Waals surface area (Å²) >= 11 is 0. The molecule has 0 bridgehead atoms. The Morgan fingerprint density at radius 2 is 1.61 bits per heavy atom. The fraction of sp³-hybridized carbons (Fsp3) is 0.600. The van der Waals surface area contributed by atoms with Crippen molar-refractivity contribution in [3.8, 4) is 11.5 Å². The lowest BCUT2D eigenvalue weighted by molar-refractivity contribution is 0.389. The molecule has 0 fully saturated rings. The van der Waals surface area contributed by atoms with E-state index in [-0.39, 0.29) is 0 Å². The van der Waals surface area contributed by atoms with Crippen molar-refractivity contribution in [2.75, 3.05) is 21.3 Å². The van der Waals surface area contributed by atoms with Gasteiger partial charge in [-0.3, -0.25) is 0 Å². The number of hydrogen-bond donors (Lipinski definition) is 1. The van der Waals surface area contributed by atoms with Gasteiger partial charge in [0.2, 0.25) is 0 Å². The van der Waals surface area contributed by atoms with E-state index in [1.54, 1.807) is 14.2 Å². The minimum absolute atomic E-state index is 0.544. The SMILES string of the molecule is CNC(CCc1cc(OC)cc(OC)c1)C(C)C. The molecule has 102 valence electrons. The first kappa shape index (κ1) is 14.8. The third-order valence-electron chi connectivity index (χ3n) is 3.33. The Morgan fingerprint density at radius 1 is 1.06 bits per heavy atom. The van der Waals surface area contributed by atoms with Crippen molar-refractivity contribution in [2.24, 2.45) is 5.92 Å². The van der Waals surface area contributed by atoms with Crippen LogP contribution in [0.1, 0.15) is 25.8 Å². The van der Waals surface area contributed by atoms with Gasteiger partial charge in [0.1, 0.15) is 11.5 Å². The second-order valence-electron chi connectivity index (χ2n) is 4.90. The normalized spacial score (nSPS) is 12.6. The first-order chi connectivity index (χ1) is 8.60. The average Bonchev–Trinajstić information content (AvgIpc) is 2.38. The maximum atomic E-state index is 5.28. The van der Waals surface area contributed by atoms with E-state index < -0.39 is 0 Å². The van der Waals surface area contributed by atoms with Gasteiger partial charge in [0.05, 0.1) is 14.2 Å². The number of nitrogens with one attached hydrogen (secondary N) is 1. The number of rotatable bonds is 7. The summed E-state index contributed by atoms with van der Waals surface area (Å²) in [6.45, 7) is 4.49. The lowest BCUT2D eigenvalue weighted by Gasteiger charge is -2.20. The van der Waals surface area contributed by atoms with Crippen molar-refractivity contribution >= 4 is 0 Å². The lowest BCUT2D eigenvalue weighted by atomic mass is 9.96. The zero-order valence-electron chi connectivity index (χ0n) is 12.1. The predicted octanol–water partition coefficient (Wildman–Crippen LogP) is 2.88. The smallest absolute Gasteiger partial charge is 0.122 e. The summed E-state index contributed by atoms with van der Waals surface area (Å²) < 4.78 is 10.6. The molecule has 1 rings (SSSR count). The summed E-state index contributed by atoms with van der Waals surface area (Å²) in [4.78, 5) is 0. The summed E-state index contributed by atoms with van der Waals surface area (Å²) in [5.41, 5.74) is 1.26. The van der Waals surface area contributed by atoms with Gasteiger partial charge in [0, 0.05) is 12.1 Å². The fourth-order valence-corrected chi connectivity index (χ4v) is 2.14. The highest BCUT2D eigenvalue weighted by atomic mass is 16.5. The molecule has 1 aromatic rings. The predicted molar refractivity (Wildman–Crippen MR) is 75.6 cm³/mol. The summed E-state index contributed by atoms with van der Waals surface area (Å²) in [5, 5.41) is 3.37. The molecule has 0 aliphatic rings. The van der Waals surface area contributed by atoms with Crippen LogP contribution in [0.4, 0.5) is 0 Å². The van der Waals surface area contributed by atoms with E-state index in [0.717, 1.165) is 24.3 Å². The van der Waals surface area contributed by atoms with Crippen molar-refractivity contribution < 1.29 is 9.47 Å². The van der Waals surface area contributed by atoms with Crippen molar-refractivity contribution in [2.45, 2.75) is 32.7 Å². The van der Waals surface area contributed by atoms with E-state index >= 15 is 0 Å². The van der Waals surface area contributed by atoms with Gasteiger partial charge in [-0.25, -0.2) is 0 Å². The summed E-state index contributed by atoms with van der Waals surface area (Å²) in [6, 6.07) is 6.61. The number of hydrogen-bond acceptors (Lipinski definition) is 3. The maximum Gasteiger partial charge on any atom is 0.122 e. The van der Waals surface area contributed by atoms with E-state index in [9.17, 15) is 0 Å². The Labute approximate surface area is 110 Å². The molecule has 3 nitrogen and oxygen atoms in total. The molecule has 1 atom stereocenters. The molecule has 0 heterocycles. The van der Waals surface area contributed by atoms with E-state index in [4.69, 9.17) is 9.47 Å². The minimum Gasteiger partial charge on any atom is -0.497 e. The molecule has 0 aliphatic heterocycles. The van der Waals surface area contributed by atoms with Crippen LogP contribution in [0.2, 0.25) is 0 Å². The molecule has 1 unspecified atom stereocenters. The molecule has 0 spiro atoms. The van der Waals surface area contributed by atoms with Crippen molar-refractivity contribution in [3.05, 3.63) is 23.8 Å². The second-order valence-corrected chi connectivity index (χ2v) is 4.90. The van der Waals surface area contributed by atoms with E-state index in [0.29, 0.717) is 12.0 Å². The van der Waals surface area contributed by atoms with Crippen LogP contribution < -0.4 is 14.8 Å². The zero-order chi connectivity index (χ0) is 13.5. The van der Waals surface area contributed by atoms with Crippen LogP contribution in [-0.4, -0.2) is 27.3 Å². The molecular formula is C15H25NO2. The monoisotopic (exact) mass is 251 g/mol. The molecule has 3 heteroatoms. The first-order valence-corrected chi connectivity index (χ1v) is 6.50. The number of aryl methyl sites for hydroxylation is 1. The third kappa shape index (κ3) is 4.22. The Bertz CT molecular complexity index is 341. The molecule has 0 saturated carbocycles. The maximum absolute atomic E-state index is 5.28. The number of ether oxygens (including phenoxy) is 2. The highest BCUT2D eigenvalue weighted by Gasteiger charge is 2.11. The van der Waals surface area contributed by atoms with Gasteiger partial charge in [0.15, 0.2) is 0 Å². The van der Waals surface area contributed by atoms with E-state index in [2.05, 4.69) is 31.3 Å². The number of methoxy groups -OCH3 is 2. The van der Waals surface area contributed by atoms with Gasteiger partial charge in [-0.05, 0) is 43.5 Å². The van der Waals surface area contributed by atoms with Gasteiger partial charge >= 0.3 is 0 Å². The lowest BCUT2D eigenvalue weighted by Crippen LogP contribution is -2.30. The Hall–Kier alpha value is -1.22.